The van der Waals surface area contributed by atoms with Crippen molar-refractivity contribution in [3.05, 3.63) is 36.0 Å². The van der Waals surface area contributed by atoms with Crippen LogP contribution in [0.5, 0.6) is 0 Å². The molecule has 120 valence electrons. The second-order valence-electron chi connectivity index (χ2n) is 5.28. The number of carbonyl (C=O) groups is 2. The Kier molecular flexibility index (Phi) is 5.72. The number of nitrogen functional groups attached to an aromatic ring is 1. The summed E-state index contributed by atoms with van der Waals surface area (Å²) >= 11 is 0. The third-order valence-electron chi connectivity index (χ3n) is 3.60. The summed E-state index contributed by atoms with van der Waals surface area (Å²) in [5.74, 6) is -0.838. The van der Waals surface area contributed by atoms with Crippen molar-refractivity contribution in [3.8, 4) is 6.07 Å². The minimum absolute atomic E-state index is 0.0902. The first-order chi connectivity index (χ1) is 11.1. The van der Waals surface area contributed by atoms with Gasteiger partial charge >= 0.3 is 0 Å². The highest BCUT2D eigenvalue weighted by molar-refractivity contribution is 6.06. The summed E-state index contributed by atoms with van der Waals surface area (Å²) in [7, 11) is 0. The van der Waals surface area contributed by atoms with Crippen LogP contribution in [0.3, 0.4) is 0 Å². The fourth-order valence-electron chi connectivity index (χ4n) is 2.26. The Morgan fingerprint density at radius 1 is 1.26 bits per heavy atom. The van der Waals surface area contributed by atoms with Crippen LogP contribution in [-0.4, -0.2) is 24.9 Å². The quantitative estimate of drug-likeness (QED) is 0.371. The molecule has 1 saturated heterocycles. The summed E-state index contributed by atoms with van der Waals surface area (Å²) in [4.78, 5) is 24.0. The van der Waals surface area contributed by atoms with E-state index in [-0.39, 0.29) is 17.4 Å². The van der Waals surface area contributed by atoms with Crippen LogP contribution in [0, 0.1) is 17.2 Å². The molecule has 7 nitrogen and oxygen atoms in total. The molecule has 1 aromatic carbocycles. The molecule has 0 bridgehead atoms. The summed E-state index contributed by atoms with van der Waals surface area (Å²) < 4.78 is 0. The van der Waals surface area contributed by atoms with E-state index in [1.165, 1.54) is 0 Å². The van der Waals surface area contributed by atoms with Crippen molar-refractivity contribution in [3.63, 3.8) is 0 Å². The Bertz CT molecular complexity index is 639. The van der Waals surface area contributed by atoms with Crippen molar-refractivity contribution >= 4 is 23.2 Å². The van der Waals surface area contributed by atoms with Gasteiger partial charge in [0.05, 0.1) is 0 Å². The van der Waals surface area contributed by atoms with Gasteiger partial charge in [0.15, 0.2) is 0 Å². The molecule has 0 spiro atoms. The first-order valence-electron chi connectivity index (χ1n) is 7.38. The van der Waals surface area contributed by atoms with Crippen LogP contribution in [0.4, 0.5) is 11.4 Å². The van der Waals surface area contributed by atoms with E-state index >= 15 is 0 Å². The van der Waals surface area contributed by atoms with Crippen molar-refractivity contribution in [2.75, 3.05) is 24.1 Å². The second-order valence-corrected chi connectivity index (χ2v) is 5.28. The number of nitriles is 1. The summed E-state index contributed by atoms with van der Waals surface area (Å²) in [5.41, 5.74) is 6.50. The minimum Gasteiger partial charge on any atom is -0.399 e. The molecule has 1 aliphatic rings. The molecule has 1 fully saturated rings. The predicted octanol–water partition coefficient (Wildman–Crippen LogP) is 0.731. The van der Waals surface area contributed by atoms with Crippen LogP contribution in [0.15, 0.2) is 36.0 Å². The van der Waals surface area contributed by atoms with Crippen LogP contribution in [0.25, 0.3) is 0 Å². The average Bonchev–Trinajstić information content (AvgIpc) is 2.58. The molecule has 1 aromatic rings. The predicted molar refractivity (Wildman–Crippen MR) is 86.9 cm³/mol. The zero-order valence-corrected chi connectivity index (χ0v) is 12.6. The number of amides is 2. The van der Waals surface area contributed by atoms with Gasteiger partial charge < -0.3 is 21.7 Å². The highest BCUT2D eigenvalue weighted by Gasteiger charge is 2.20. The lowest BCUT2D eigenvalue weighted by molar-refractivity contribution is -0.124. The standard InChI is InChI=1S/C16H19N5O2/c17-9-12(10-20-15(22)11-5-7-19-8-6-11)16(23)21-14-3-1-13(18)2-4-14/h1-4,10-11,19H,5-8,18H2,(H,20,22)(H,21,23)/b12-10-. The lowest BCUT2D eigenvalue weighted by Crippen LogP contribution is -2.36. The fraction of sp³-hybridized carbons (Fsp3) is 0.312. The van der Waals surface area contributed by atoms with Gasteiger partial charge in [0.2, 0.25) is 5.91 Å². The molecule has 23 heavy (non-hydrogen) atoms. The van der Waals surface area contributed by atoms with E-state index in [9.17, 15) is 9.59 Å². The van der Waals surface area contributed by atoms with Crippen molar-refractivity contribution < 1.29 is 9.59 Å². The summed E-state index contributed by atoms with van der Waals surface area (Å²) in [6.45, 7) is 1.59. The number of nitrogens with two attached hydrogens (primary N) is 1. The zero-order chi connectivity index (χ0) is 16.7. The highest BCUT2D eigenvalue weighted by Crippen LogP contribution is 2.13. The van der Waals surface area contributed by atoms with Gasteiger partial charge in [-0.15, -0.1) is 0 Å². The van der Waals surface area contributed by atoms with Gasteiger partial charge in [-0.25, -0.2) is 0 Å². The first-order valence-corrected chi connectivity index (χ1v) is 7.38. The topological polar surface area (TPSA) is 120 Å². The van der Waals surface area contributed by atoms with Gasteiger partial charge in [-0.3, -0.25) is 9.59 Å². The highest BCUT2D eigenvalue weighted by atomic mass is 16.2. The maximum Gasteiger partial charge on any atom is 0.267 e. The van der Waals surface area contributed by atoms with Gasteiger partial charge in [0.1, 0.15) is 11.6 Å². The molecule has 0 aliphatic carbocycles. The van der Waals surface area contributed by atoms with E-state index in [1.54, 1.807) is 30.3 Å². The van der Waals surface area contributed by atoms with Crippen LogP contribution in [-0.2, 0) is 9.59 Å². The molecule has 0 radical (unpaired) electrons. The molecule has 1 heterocycles. The van der Waals surface area contributed by atoms with Gasteiger partial charge in [-0.05, 0) is 50.2 Å². The summed E-state index contributed by atoms with van der Waals surface area (Å²) in [5, 5.41) is 17.4. The molecule has 0 atom stereocenters. The van der Waals surface area contributed by atoms with E-state index in [0.29, 0.717) is 11.4 Å². The van der Waals surface area contributed by atoms with Crippen LogP contribution in [0.2, 0.25) is 0 Å². The van der Waals surface area contributed by atoms with E-state index < -0.39 is 5.91 Å². The first kappa shape index (κ1) is 16.5. The molecule has 7 heteroatoms. The van der Waals surface area contributed by atoms with Gasteiger partial charge in [-0.1, -0.05) is 0 Å². The van der Waals surface area contributed by atoms with Crippen LogP contribution < -0.4 is 21.7 Å². The third kappa shape index (κ3) is 4.83. The molecule has 0 aromatic heterocycles. The number of nitrogens with zero attached hydrogens (tertiary/aromatic N) is 1. The minimum atomic E-state index is -0.581. The lowest BCUT2D eigenvalue weighted by Gasteiger charge is -2.20. The number of rotatable bonds is 4. The third-order valence-corrected chi connectivity index (χ3v) is 3.60. The number of carbonyl (C=O) groups excluding carboxylic acids is 2. The largest absolute Gasteiger partial charge is 0.399 e. The molecule has 2 amide bonds. The van der Waals surface area contributed by atoms with E-state index in [2.05, 4.69) is 16.0 Å². The van der Waals surface area contributed by atoms with E-state index in [0.717, 1.165) is 32.1 Å². The van der Waals surface area contributed by atoms with E-state index in [1.807, 2.05) is 0 Å². The maximum absolute atomic E-state index is 12.0. The number of piperidine rings is 1. The Labute approximate surface area is 134 Å². The molecular weight excluding hydrogens is 294 g/mol. The fourth-order valence-corrected chi connectivity index (χ4v) is 2.26. The van der Waals surface area contributed by atoms with Crippen LogP contribution in [0.1, 0.15) is 12.8 Å². The van der Waals surface area contributed by atoms with Crippen LogP contribution >= 0.6 is 0 Å². The van der Waals surface area contributed by atoms with Crippen molar-refractivity contribution in [1.82, 2.24) is 10.6 Å². The lowest BCUT2D eigenvalue weighted by atomic mass is 9.97. The smallest absolute Gasteiger partial charge is 0.267 e. The Balaban J connectivity index is 1.94. The number of hydrogen-bond acceptors (Lipinski definition) is 5. The molecule has 0 unspecified atom stereocenters. The van der Waals surface area contributed by atoms with Crippen molar-refractivity contribution in [1.29, 1.82) is 5.26 Å². The van der Waals surface area contributed by atoms with Crippen molar-refractivity contribution in [2.45, 2.75) is 12.8 Å². The monoisotopic (exact) mass is 313 g/mol. The summed E-state index contributed by atoms with van der Waals surface area (Å²) in [6, 6.07) is 8.34. The zero-order valence-electron chi connectivity index (χ0n) is 12.6. The van der Waals surface area contributed by atoms with Gasteiger partial charge in [0.25, 0.3) is 5.91 Å². The Morgan fingerprint density at radius 3 is 2.52 bits per heavy atom. The molecular formula is C16H19N5O2. The number of anilines is 2. The number of hydrogen-bond donors (Lipinski definition) is 4. The van der Waals surface area contributed by atoms with Crippen molar-refractivity contribution in [2.24, 2.45) is 5.92 Å². The maximum atomic E-state index is 12.0. The Hall–Kier alpha value is -2.85. The Morgan fingerprint density at radius 2 is 1.91 bits per heavy atom. The second kappa shape index (κ2) is 7.96. The van der Waals surface area contributed by atoms with E-state index in [4.69, 9.17) is 11.0 Å². The van der Waals surface area contributed by atoms with Gasteiger partial charge in [0, 0.05) is 23.5 Å². The molecule has 2 rings (SSSR count). The number of benzene rings is 1. The molecule has 5 N–H and O–H groups in total. The average molecular weight is 313 g/mol. The molecule has 0 saturated carbocycles. The summed E-state index contributed by atoms with van der Waals surface area (Å²) in [6.07, 6.45) is 2.66. The number of nitrogens with one attached hydrogen (secondary N) is 3. The SMILES string of the molecule is N#C/C(=C/NC(=O)C1CCNCC1)C(=O)Nc1ccc(N)cc1. The normalized spacial score (nSPS) is 15.5. The van der Waals surface area contributed by atoms with Gasteiger partial charge in [-0.2, -0.15) is 5.26 Å². The molecule has 1 aliphatic heterocycles.